The normalized spacial score (nSPS) is 10.6. The zero-order chi connectivity index (χ0) is 10.8. The Bertz CT molecular complexity index is 481. The molecule has 0 bridgehead atoms. The van der Waals surface area contributed by atoms with Crippen LogP contribution in [0.5, 0.6) is 5.88 Å². The Morgan fingerprint density at radius 1 is 1.47 bits per heavy atom. The number of nitrogens with zero attached hydrogens (tertiary/aromatic N) is 2. The third-order valence-electron chi connectivity index (χ3n) is 2.17. The highest BCUT2D eigenvalue weighted by molar-refractivity contribution is 7.18. The van der Waals surface area contributed by atoms with Gasteiger partial charge in [0.2, 0.25) is 11.8 Å². The van der Waals surface area contributed by atoms with Crippen LogP contribution in [-0.2, 0) is 6.42 Å². The molecule has 1 N–H and O–H groups in total. The fourth-order valence-corrected chi connectivity index (χ4v) is 2.34. The van der Waals surface area contributed by atoms with E-state index in [1.807, 2.05) is 0 Å². The van der Waals surface area contributed by atoms with Gasteiger partial charge < -0.3 is 10.1 Å². The lowest BCUT2D eigenvalue weighted by atomic mass is 10.3. The van der Waals surface area contributed by atoms with Gasteiger partial charge in [0.1, 0.15) is 4.83 Å². The number of methoxy groups -OCH3 is 1. The van der Waals surface area contributed by atoms with E-state index in [9.17, 15) is 0 Å². The maximum atomic E-state index is 5.24. The first kappa shape index (κ1) is 10.2. The van der Waals surface area contributed by atoms with Crippen LogP contribution in [-0.4, -0.2) is 24.1 Å². The smallest absolute Gasteiger partial charge is 0.227 e. The van der Waals surface area contributed by atoms with Gasteiger partial charge in [-0.15, -0.1) is 11.3 Å². The number of nitrogens with one attached hydrogen (secondary N) is 1. The monoisotopic (exact) mass is 223 g/mol. The number of thiophene rings is 1. The highest BCUT2D eigenvalue weighted by atomic mass is 32.1. The third-order valence-corrected chi connectivity index (χ3v) is 3.35. The molecule has 0 unspecified atom stereocenters. The zero-order valence-corrected chi connectivity index (χ0v) is 9.81. The van der Waals surface area contributed by atoms with Crippen LogP contribution < -0.4 is 10.1 Å². The van der Waals surface area contributed by atoms with E-state index >= 15 is 0 Å². The molecule has 0 aliphatic rings. The molecule has 0 aliphatic heterocycles. The van der Waals surface area contributed by atoms with Gasteiger partial charge in [-0.3, -0.25) is 0 Å². The molecule has 2 aromatic rings. The summed E-state index contributed by atoms with van der Waals surface area (Å²) in [4.78, 5) is 10.9. The average Bonchev–Trinajstić information content (AvgIpc) is 2.70. The van der Waals surface area contributed by atoms with Gasteiger partial charge >= 0.3 is 0 Å². The van der Waals surface area contributed by atoms with Crippen molar-refractivity contribution in [1.29, 1.82) is 0 Å². The van der Waals surface area contributed by atoms with Crippen molar-refractivity contribution in [3.8, 4) is 5.88 Å². The van der Waals surface area contributed by atoms with Crippen molar-refractivity contribution in [1.82, 2.24) is 9.97 Å². The Labute approximate surface area is 92.3 Å². The average molecular weight is 223 g/mol. The first-order valence-corrected chi connectivity index (χ1v) is 5.62. The number of hydrogen-bond acceptors (Lipinski definition) is 5. The Balaban J connectivity index is 2.66. The highest BCUT2D eigenvalue weighted by Gasteiger charge is 2.10. The summed E-state index contributed by atoms with van der Waals surface area (Å²) in [6.45, 7) is 2.13. The molecule has 0 spiro atoms. The lowest BCUT2D eigenvalue weighted by Gasteiger charge is -2.02. The van der Waals surface area contributed by atoms with Crippen LogP contribution in [0.2, 0.25) is 0 Å². The maximum Gasteiger partial charge on any atom is 0.227 e. The Kier molecular flexibility index (Phi) is 2.73. The van der Waals surface area contributed by atoms with Crippen molar-refractivity contribution in [2.24, 2.45) is 0 Å². The van der Waals surface area contributed by atoms with Gasteiger partial charge in [-0.2, -0.15) is 4.98 Å². The maximum absolute atomic E-state index is 5.24. The van der Waals surface area contributed by atoms with Gasteiger partial charge in [0.15, 0.2) is 0 Å². The summed E-state index contributed by atoms with van der Waals surface area (Å²) in [7, 11) is 3.43. The van der Waals surface area contributed by atoms with E-state index in [1.54, 1.807) is 25.5 Å². The summed E-state index contributed by atoms with van der Waals surface area (Å²) < 4.78 is 5.24. The standard InChI is InChI=1S/C10H13N3OS/c1-4-6-5-7-8(14-3)12-10(11-2)13-9(7)15-6/h5H,4H2,1-3H3,(H,11,12,13). The van der Waals surface area contributed by atoms with E-state index in [4.69, 9.17) is 4.74 Å². The minimum absolute atomic E-state index is 0.601. The van der Waals surface area contributed by atoms with Gasteiger partial charge in [0, 0.05) is 11.9 Å². The van der Waals surface area contributed by atoms with Crippen molar-refractivity contribution in [2.45, 2.75) is 13.3 Å². The zero-order valence-electron chi connectivity index (χ0n) is 9.00. The molecule has 2 heterocycles. The van der Waals surface area contributed by atoms with Gasteiger partial charge in [-0.05, 0) is 12.5 Å². The van der Waals surface area contributed by atoms with Crippen molar-refractivity contribution in [3.05, 3.63) is 10.9 Å². The molecule has 0 fully saturated rings. The second kappa shape index (κ2) is 4.02. The fraction of sp³-hybridized carbons (Fsp3) is 0.400. The molecule has 80 valence electrons. The minimum atomic E-state index is 0.601. The van der Waals surface area contributed by atoms with Crippen molar-refractivity contribution in [3.63, 3.8) is 0 Å². The summed E-state index contributed by atoms with van der Waals surface area (Å²) >= 11 is 1.69. The lowest BCUT2D eigenvalue weighted by Crippen LogP contribution is -1.98. The Morgan fingerprint density at radius 2 is 2.27 bits per heavy atom. The Morgan fingerprint density at radius 3 is 2.87 bits per heavy atom. The predicted octanol–water partition coefficient (Wildman–Crippen LogP) is 2.30. The number of aromatic nitrogens is 2. The fourth-order valence-electron chi connectivity index (χ4n) is 1.39. The van der Waals surface area contributed by atoms with Crippen LogP contribution in [0.15, 0.2) is 6.07 Å². The van der Waals surface area contributed by atoms with Crippen molar-refractivity contribution in [2.75, 3.05) is 19.5 Å². The number of fused-ring (bicyclic) bond motifs is 1. The van der Waals surface area contributed by atoms with Crippen molar-refractivity contribution >= 4 is 27.5 Å². The topological polar surface area (TPSA) is 47.0 Å². The molecular weight excluding hydrogens is 210 g/mol. The second-order valence-electron chi connectivity index (χ2n) is 3.09. The highest BCUT2D eigenvalue weighted by Crippen LogP contribution is 2.31. The van der Waals surface area contributed by atoms with Crippen LogP contribution in [0.25, 0.3) is 10.2 Å². The van der Waals surface area contributed by atoms with E-state index in [2.05, 4.69) is 28.3 Å². The van der Waals surface area contributed by atoms with Gasteiger partial charge in [-0.1, -0.05) is 6.92 Å². The van der Waals surface area contributed by atoms with Crippen LogP contribution in [0.4, 0.5) is 5.95 Å². The van der Waals surface area contributed by atoms with E-state index in [0.29, 0.717) is 11.8 Å². The largest absolute Gasteiger partial charge is 0.480 e. The van der Waals surface area contributed by atoms with Crippen molar-refractivity contribution < 1.29 is 4.74 Å². The summed E-state index contributed by atoms with van der Waals surface area (Å²) in [6.07, 6.45) is 1.01. The van der Waals surface area contributed by atoms with Crippen LogP contribution >= 0.6 is 11.3 Å². The Hall–Kier alpha value is -1.36. The lowest BCUT2D eigenvalue weighted by molar-refractivity contribution is 0.403. The summed E-state index contributed by atoms with van der Waals surface area (Å²) in [5, 5.41) is 3.92. The quantitative estimate of drug-likeness (QED) is 0.867. The number of anilines is 1. The second-order valence-corrected chi connectivity index (χ2v) is 4.21. The van der Waals surface area contributed by atoms with E-state index in [0.717, 1.165) is 16.6 Å². The first-order valence-electron chi connectivity index (χ1n) is 4.80. The number of aryl methyl sites for hydroxylation is 1. The number of hydrogen-bond donors (Lipinski definition) is 1. The van der Waals surface area contributed by atoms with E-state index in [-0.39, 0.29) is 0 Å². The molecule has 5 heteroatoms. The molecule has 0 aromatic carbocycles. The molecular formula is C10H13N3OS. The van der Waals surface area contributed by atoms with Crippen LogP contribution in [0.1, 0.15) is 11.8 Å². The summed E-state index contributed by atoms with van der Waals surface area (Å²) in [6, 6.07) is 2.10. The van der Waals surface area contributed by atoms with Gasteiger partial charge in [0.05, 0.1) is 12.5 Å². The van der Waals surface area contributed by atoms with Gasteiger partial charge in [0.25, 0.3) is 0 Å². The molecule has 2 aromatic heterocycles. The SMILES string of the molecule is CCc1cc2c(OC)nc(NC)nc2s1. The molecule has 0 amide bonds. The third kappa shape index (κ3) is 1.74. The van der Waals surface area contributed by atoms with Crippen LogP contribution in [0, 0.1) is 0 Å². The molecule has 2 rings (SSSR count). The summed E-state index contributed by atoms with van der Waals surface area (Å²) in [5.74, 6) is 1.24. The van der Waals surface area contributed by atoms with Crippen LogP contribution in [0.3, 0.4) is 0 Å². The van der Waals surface area contributed by atoms with Gasteiger partial charge in [-0.25, -0.2) is 4.98 Å². The summed E-state index contributed by atoms with van der Waals surface area (Å²) in [5.41, 5.74) is 0. The molecule has 0 atom stereocenters. The molecule has 0 saturated heterocycles. The molecule has 0 aliphatic carbocycles. The first-order chi connectivity index (χ1) is 7.28. The minimum Gasteiger partial charge on any atom is -0.480 e. The molecule has 15 heavy (non-hydrogen) atoms. The predicted molar refractivity (Wildman–Crippen MR) is 62.9 cm³/mol. The molecule has 4 nitrogen and oxygen atoms in total. The van der Waals surface area contributed by atoms with E-state index in [1.165, 1.54) is 4.88 Å². The molecule has 0 saturated carbocycles. The van der Waals surface area contributed by atoms with E-state index < -0.39 is 0 Å². The number of ether oxygens (including phenoxy) is 1. The molecule has 0 radical (unpaired) electrons. The number of rotatable bonds is 3.